The first-order valence-corrected chi connectivity index (χ1v) is 6.33. The van der Waals surface area contributed by atoms with Gasteiger partial charge in [0.1, 0.15) is 6.61 Å². The van der Waals surface area contributed by atoms with Crippen molar-refractivity contribution < 1.29 is 22.0 Å². The Kier molecular flexibility index (Phi) is 3.87. The maximum Gasteiger partial charge on any atom is 0.328 e. The molecule has 0 N–H and O–H groups in total. The van der Waals surface area contributed by atoms with Crippen LogP contribution in [0.2, 0.25) is 13.1 Å². The molecule has 0 saturated heterocycles. The highest BCUT2D eigenvalue weighted by Gasteiger charge is 2.42. The summed E-state index contributed by atoms with van der Waals surface area (Å²) in [5.74, 6) is -4.17. The van der Waals surface area contributed by atoms with E-state index in [9.17, 15) is 17.6 Å². The number of hydrogen-bond donors (Lipinski definition) is 0. The average molecular weight is 215 g/mol. The first-order valence-electron chi connectivity index (χ1n) is 3.42. The van der Waals surface area contributed by atoms with Crippen LogP contribution >= 0.6 is 0 Å². The Labute approximate surface area is 74.2 Å². The molecule has 0 heterocycles. The Hall–Kier alpha value is -0.613. The summed E-state index contributed by atoms with van der Waals surface area (Å²) in [6.45, 7) is 1.32. The largest absolute Gasteiger partial charge is 0.397 e. The van der Waals surface area contributed by atoms with Crippen LogP contribution in [-0.4, -0.2) is 27.3 Å². The third-order valence-electron chi connectivity index (χ3n) is 1.21. The highest BCUT2D eigenvalue weighted by molar-refractivity contribution is 6.78. The molecule has 0 rings (SSSR count). The van der Waals surface area contributed by atoms with Crippen molar-refractivity contribution in [3.63, 3.8) is 0 Å². The molecule has 0 radical (unpaired) electrons. The second-order valence-corrected chi connectivity index (χ2v) is 6.51. The zero-order chi connectivity index (χ0) is 10.7. The number of nitrogens with zero attached hydrogens (tertiary/aromatic N) is 1. The van der Waals surface area contributed by atoms with E-state index < -0.39 is 27.3 Å². The van der Waals surface area contributed by atoms with Gasteiger partial charge in [-0.15, -0.1) is 0 Å². The van der Waals surface area contributed by atoms with E-state index in [4.69, 9.17) is 5.26 Å². The van der Waals surface area contributed by atoms with E-state index in [1.807, 2.05) is 0 Å². The summed E-state index contributed by atoms with van der Waals surface area (Å²) in [6.07, 6.45) is -3.75. The lowest BCUT2D eigenvalue weighted by atomic mass is 10.4. The fourth-order valence-corrected chi connectivity index (χ4v) is 0.990. The van der Waals surface area contributed by atoms with E-state index in [1.54, 1.807) is 5.69 Å². The van der Waals surface area contributed by atoms with Crippen molar-refractivity contribution >= 4 is 8.32 Å². The Bertz CT molecular complexity index is 213. The highest BCUT2D eigenvalue weighted by atomic mass is 28.4. The summed E-state index contributed by atoms with van der Waals surface area (Å²) in [5.41, 5.74) is 1.69. The Morgan fingerprint density at radius 2 is 1.92 bits per heavy atom. The summed E-state index contributed by atoms with van der Waals surface area (Å²) in [5, 5.41) is 8.38. The van der Waals surface area contributed by atoms with Gasteiger partial charge in [0.15, 0.2) is 0 Å². The van der Waals surface area contributed by atoms with Gasteiger partial charge in [-0.1, -0.05) is 0 Å². The monoisotopic (exact) mass is 215 g/mol. The molecule has 0 aromatic heterocycles. The van der Waals surface area contributed by atoms with Crippen LogP contribution in [0.5, 0.6) is 0 Å². The molecule has 0 spiro atoms. The Morgan fingerprint density at radius 1 is 1.46 bits per heavy atom. The van der Waals surface area contributed by atoms with E-state index in [0.717, 1.165) is 0 Å². The molecule has 2 nitrogen and oxygen atoms in total. The van der Waals surface area contributed by atoms with Crippen molar-refractivity contribution in [1.82, 2.24) is 0 Å². The van der Waals surface area contributed by atoms with Gasteiger partial charge in [-0.05, 0) is 13.1 Å². The Morgan fingerprint density at radius 3 is 2.23 bits per heavy atom. The van der Waals surface area contributed by atoms with Gasteiger partial charge < -0.3 is 4.43 Å². The second kappa shape index (κ2) is 4.06. The smallest absolute Gasteiger partial charge is 0.328 e. The van der Waals surface area contributed by atoms with Crippen molar-refractivity contribution in [3.8, 4) is 5.69 Å². The van der Waals surface area contributed by atoms with E-state index >= 15 is 0 Å². The van der Waals surface area contributed by atoms with Gasteiger partial charge in [-0.3, -0.25) is 0 Å². The van der Waals surface area contributed by atoms with Crippen LogP contribution in [0, 0.1) is 11.0 Å². The molecule has 0 amide bonds. The maximum atomic E-state index is 12.3. The summed E-state index contributed by atoms with van der Waals surface area (Å²) in [6, 6.07) is 0. The first-order chi connectivity index (χ1) is 5.71. The van der Waals surface area contributed by atoms with Crippen LogP contribution in [0.15, 0.2) is 0 Å². The van der Waals surface area contributed by atoms with Gasteiger partial charge in [0.2, 0.25) is 0 Å². The first kappa shape index (κ1) is 12.4. The number of rotatable bonds is 4. The molecule has 0 bridgehead atoms. The molecule has 0 saturated carbocycles. The molecule has 0 atom stereocenters. The average Bonchev–Trinajstić information content (AvgIpc) is 2.01. The molecular formula is C6H9F4NOSi. The van der Waals surface area contributed by atoms with E-state index in [0.29, 0.717) is 0 Å². The second-order valence-electron chi connectivity index (χ2n) is 2.97. The van der Waals surface area contributed by atoms with Crippen molar-refractivity contribution in [1.29, 1.82) is 5.26 Å². The topological polar surface area (TPSA) is 33.0 Å². The van der Waals surface area contributed by atoms with Crippen molar-refractivity contribution in [2.45, 2.75) is 25.4 Å². The minimum absolute atomic E-state index is 1.36. The van der Waals surface area contributed by atoms with E-state index in [1.165, 1.54) is 13.1 Å². The number of nitriles is 1. The molecule has 0 aromatic carbocycles. The van der Waals surface area contributed by atoms with E-state index in [2.05, 4.69) is 4.43 Å². The lowest BCUT2D eigenvalue weighted by Crippen LogP contribution is -2.39. The molecule has 0 aromatic rings. The predicted octanol–water partition coefficient (Wildman–Crippen LogP) is 2.17. The molecule has 0 aliphatic carbocycles. The number of halogens is 4. The van der Waals surface area contributed by atoms with Gasteiger partial charge in [-0.25, -0.2) is 14.0 Å². The SMILES string of the molecule is C[Si](C)(C#N)OCC(F)(F)C(F)F. The van der Waals surface area contributed by atoms with Crippen LogP contribution in [0.1, 0.15) is 0 Å². The molecule has 0 aliphatic rings. The lowest BCUT2D eigenvalue weighted by Gasteiger charge is -2.19. The number of alkyl halides is 4. The van der Waals surface area contributed by atoms with Crippen LogP contribution in [-0.2, 0) is 4.43 Å². The van der Waals surface area contributed by atoms with Gasteiger partial charge in [0, 0.05) is 0 Å². The van der Waals surface area contributed by atoms with Crippen LogP contribution in [0.3, 0.4) is 0 Å². The summed E-state index contributed by atoms with van der Waals surface area (Å²) < 4.78 is 52.1. The van der Waals surface area contributed by atoms with Crippen LogP contribution in [0.25, 0.3) is 0 Å². The quantitative estimate of drug-likeness (QED) is 0.532. The number of hydrogen-bond acceptors (Lipinski definition) is 2. The minimum Gasteiger partial charge on any atom is -0.397 e. The minimum atomic E-state index is -4.17. The predicted molar refractivity (Wildman–Crippen MR) is 40.0 cm³/mol. The molecule has 0 fully saturated rings. The van der Waals surface area contributed by atoms with Crippen molar-refractivity contribution in [3.05, 3.63) is 0 Å². The normalized spacial score (nSPS) is 13.1. The zero-order valence-corrected chi connectivity index (χ0v) is 8.15. The molecule has 0 unspecified atom stereocenters. The lowest BCUT2D eigenvalue weighted by molar-refractivity contribution is -0.149. The fourth-order valence-electron chi connectivity index (χ4n) is 0.372. The third-order valence-corrected chi connectivity index (χ3v) is 2.62. The van der Waals surface area contributed by atoms with Crippen molar-refractivity contribution in [2.75, 3.05) is 6.61 Å². The van der Waals surface area contributed by atoms with Crippen molar-refractivity contribution in [2.24, 2.45) is 0 Å². The summed E-state index contributed by atoms with van der Waals surface area (Å²) in [7, 11) is -2.84. The van der Waals surface area contributed by atoms with Gasteiger partial charge in [0.25, 0.3) is 8.32 Å². The van der Waals surface area contributed by atoms with Crippen LogP contribution < -0.4 is 0 Å². The van der Waals surface area contributed by atoms with Gasteiger partial charge >= 0.3 is 12.3 Å². The molecule has 13 heavy (non-hydrogen) atoms. The fraction of sp³-hybridized carbons (Fsp3) is 0.833. The third kappa shape index (κ3) is 4.24. The van der Waals surface area contributed by atoms with Gasteiger partial charge in [0.05, 0.1) is 5.69 Å². The zero-order valence-electron chi connectivity index (χ0n) is 7.15. The molecule has 0 aliphatic heterocycles. The van der Waals surface area contributed by atoms with Gasteiger partial charge in [-0.2, -0.15) is 8.78 Å². The summed E-state index contributed by atoms with van der Waals surface area (Å²) >= 11 is 0. The van der Waals surface area contributed by atoms with E-state index in [-0.39, 0.29) is 0 Å². The molecule has 76 valence electrons. The van der Waals surface area contributed by atoms with Crippen LogP contribution in [0.4, 0.5) is 17.6 Å². The summed E-state index contributed by atoms with van der Waals surface area (Å²) in [4.78, 5) is 0. The molecular weight excluding hydrogens is 206 g/mol. The standard InChI is InChI=1S/C6H9F4NOSi/c1-13(2,4-11)12-3-6(9,10)5(7)8/h5H,3H2,1-2H3. The maximum absolute atomic E-state index is 12.3. The Balaban J connectivity index is 4.11. The molecule has 7 heteroatoms. The highest BCUT2D eigenvalue weighted by Crippen LogP contribution is 2.24.